The van der Waals surface area contributed by atoms with E-state index in [0.717, 1.165) is 30.2 Å². The highest BCUT2D eigenvalue weighted by Crippen LogP contribution is 2.59. The molecule has 1 heterocycles. The number of ether oxygens (including phenoxy) is 2. The average molecular weight is 481 g/mol. The summed E-state index contributed by atoms with van der Waals surface area (Å²) in [4.78, 5) is 24.1. The summed E-state index contributed by atoms with van der Waals surface area (Å²) < 4.78 is 17.4. The molecule has 2 aliphatic carbocycles. The minimum Gasteiger partial charge on any atom is -0.493 e. The lowest BCUT2D eigenvalue weighted by Crippen LogP contribution is -2.51. The minimum atomic E-state index is -1.10. The van der Waals surface area contributed by atoms with Gasteiger partial charge in [0, 0.05) is 28.9 Å². The first-order valence-electron chi connectivity index (χ1n) is 12.3. The maximum Gasteiger partial charge on any atom is 0.336 e. The molecule has 4 rings (SSSR count). The molecule has 0 amide bonds. The van der Waals surface area contributed by atoms with E-state index >= 15 is 0 Å². The molecule has 0 bridgehead atoms. The van der Waals surface area contributed by atoms with Crippen LogP contribution in [0, 0.1) is 16.7 Å². The molecular formula is C29H36O6. The van der Waals surface area contributed by atoms with Crippen molar-refractivity contribution in [1.82, 2.24) is 0 Å². The van der Waals surface area contributed by atoms with E-state index in [-0.39, 0.29) is 40.9 Å². The highest BCUT2D eigenvalue weighted by Gasteiger charge is 2.53. The normalized spacial score (nSPS) is 26.1. The van der Waals surface area contributed by atoms with Crippen molar-refractivity contribution >= 4 is 16.9 Å². The molecular weight excluding hydrogens is 444 g/mol. The molecule has 1 saturated carbocycles. The van der Waals surface area contributed by atoms with Crippen LogP contribution in [0.2, 0.25) is 0 Å². The zero-order valence-electron chi connectivity index (χ0n) is 21.3. The fourth-order valence-corrected chi connectivity index (χ4v) is 5.89. The Kier molecular flexibility index (Phi) is 6.47. The SMILES string of the molecule is C=C1CC=C2C(C)(C)C(OC(=O)CC(C)(C)O)CCC2(C)C1COc1ccc2ccc(=O)oc2c1. The van der Waals surface area contributed by atoms with Crippen LogP contribution in [0.4, 0.5) is 0 Å². The van der Waals surface area contributed by atoms with E-state index in [9.17, 15) is 14.7 Å². The van der Waals surface area contributed by atoms with Gasteiger partial charge in [0.1, 0.15) is 17.4 Å². The summed E-state index contributed by atoms with van der Waals surface area (Å²) in [6, 6.07) is 8.66. The van der Waals surface area contributed by atoms with E-state index in [1.165, 1.54) is 11.6 Å². The molecule has 1 aromatic heterocycles. The maximum atomic E-state index is 12.5. The van der Waals surface area contributed by atoms with Crippen LogP contribution in [0.15, 0.2) is 63.3 Å². The zero-order chi connectivity index (χ0) is 25.6. The quantitative estimate of drug-likeness (QED) is 0.330. The number of esters is 1. The second-order valence-corrected chi connectivity index (χ2v) is 11.4. The van der Waals surface area contributed by atoms with Crippen LogP contribution in [-0.2, 0) is 9.53 Å². The van der Waals surface area contributed by atoms with Gasteiger partial charge in [0.2, 0.25) is 0 Å². The van der Waals surface area contributed by atoms with Gasteiger partial charge >= 0.3 is 11.6 Å². The smallest absolute Gasteiger partial charge is 0.336 e. The summed E-state index contributed by atoms with van der Waals surface area (Å²) in [5.74, 6) is 0.365. The molecule has 0 spiro atoms. The maximum absolute atomic E-state index is 12.5. The number of allylic oxidation sites excluding steroid dienone is 1. The van der Waals surface area contributed by atoms with Crippen LogP contribution in [0.5, 0.6) is 5.75 Å². The zero-order valence-corrected chi connectivity index (χ0v) is 21.3. The van der Waals surface area contributed by atoms with Gasteiger partial charge in [0.15, 0.2) is 0 Å². The Hall–Kier alpha value is -2.86. The second-order valence-electron chi connectivity index (χ2n) is 11.4. The predicted octanol–water partition coefficient (Wildman–Crippen LogP) is 5.57. The van der Waals surface area contributed by atoms with Crippen molar-refractivity contribution in [2.24, 2.45) is 16.7 Å². The summed E-state index contributed by atoms with van der Waals surface area (Å²) in [5.41, 5.74) is 0.868. The Morgan fingerprint density at radius 3 is 2.66 bits per heavy atom. The van der Waals surface area contributed by atoms with Crippen LogP contribution in [0.25, 0.3) is 11.0 Å². The molecule has 1 fully saturated rings. The Morgan fingerprint density at radius 2 is 1.94 bits per heavy atom. The fraction of sp³-hybridized carbons (Fsp3) is 0.517. The second kappa shape index (κ2) is 8.98. The van der Waals surface area contributed by atoms with Gasteiger partial charge in [-0.05, 0) is 56.7 Å². The van der Waals surface area contributed by atoms with Gasteiger partial charge in [-0.2, -0.15) is 0 Å². The van der Waals surface area contributed by atoms with Crippen molar-refractivity contribution in [3.8, 4) is 5.75 Å². The van der Waals surface area contributed by atoms with Gasteiger partial charge < -0.3 is 19.0 Å². The number of rotatable bonds is 6. The largest absolute Gasteiger partial charge is 0.493 e. The lowest BCUT2D eigenvalue weighted by molar-refractivity contribution is -0.162. The van der Waals surface area contributed by atoms with Crippen LogP contribution < -0.4 is 10.4 Å². The Bertz CT molecular complexity index is 1230. The lowest BCUT2D eigenvalue weighted by Gasteiger charge is -2.55. The molecule has 3 unspecified atom stereocenters. The molecule has 3 atom stereocenters. The average Bonchev–Trinajstić information content (AvgIpc) is 2.73. The van der Waals surface area contributed by atoms with Crippen LogP contribution in [-0.4, -0.2) is 29.4 Å². The van der Waals surface area contributed by atoms with E-state index in [0.29, 0.717) is 17.9 Å². The van der Waals surface area contributed by atoms with Gasteiger partial charge in [-0.3, -0.25) is 4.79 Å². The first-order chi connectivity index (χ1) is 16.3. The standard InChI is InChI=1S/C29H36O6/c1-18-7-11-23-28(4,5)24(35-26(31)16-27(2,3)32)13-14-29(23,6)21(18)17-33-20-10-8-19-9-12-25(30)34-22(19)15-20/h8-12,15,21,24,32H,1,7,13-14,16-17H2,2-6H3. The van der Waals surface area contributed by atoms with E-state index in [1.54, 1.807) is 26.0 Å². The highest BCUT2D eigenvalue weighted by molar-refractivity contribution is 5.77. The van der Waals surface area contributed by atoms with E-state index in [2.05, 4.69) is 33.4 Å². The monoisotopic (exact) mass is 480 g/mol. The summed E-state index contributed by atoms with van der Waals surface area (Å²) in [5, 5.41) is 10.9. The summed E-state index contributed by atoms with van der Waals surface area (Å²) in [6.07, 6.45) is 4.27. The molecule has 2 aromatic rings. The molecule has 0 saturated heterocycles. The third-order valence-corrected chi connectivity index (χ3v) is 7.73. The third-order valence-electron chi connectivity index (χ3n) is 7.73. The first-order valence-corrected chi connectivity index (χ1v) is 12.3. The molecule has 0 aliphatic heterocycles. The Balaban J connectivity index is 1.52. The van der Waals surface area contributed by atoms with E-state index in [1.807, 2.05) is 12.1 Å². The topological polar surface area (TPSA) is 86.0 Å². The number of fused-ring (bicyclic) bond motifs is 2. The molecule has 1 N–H and O–H groups in total. The molecule has 188 valence electrons. The Morgan fingerprint density at radius 1 is 1.23 bits per heavy atom. The molecule has 6 nitrogen and oxygen atoms in total. The van der Waals surface area contributed by atoms with Gasteiger partial charge in [-0.25, -0.2) is 4.79 Å². The fourth-order valence-electron chi connectivity index (χ4n) is 5.89. The number of hydrogen-bond acceptors (Lipinski definition) is 6. The molecule has 6 heteroatoms. The number of carbonyl (C=O) groups is 1. The first kappa shape index (κ1) is 25.2. The van der Waals surface area contributed by atoms with Crippen molar-refractivity contribution < 1.29 is 23.8 Å². The molecule has 35 heavy (non-hydrogen) atoms. The highest BCUT2D eigenvalue weighted by atomic mass is 16.5. The van der Waals surface area contributed by atoms with Gasteiger partial charge in [-0.15, -0.1) is 0 Å². The van der Waals surface area contributed by atoms with Gasteiger partial charge in [0.25, 0.3) is 0 Å². The van der Waals surface area contributed by atoms with Crippen LogP contribution in [0.1, 0.15) is 60.3 Å². The van der Waals surface area contributed by atoms with Crippen molar-refractivity contribution in [2.75, 3.05) is 6.61 Å². The molecule has 2 aliphatic rings. The molecule has 1 aromatic carbocycles. The van der Waals surface area contributed by atoms with Crippen molar-refractivity contribution in [3.63, 3.8) is 0 Å². The summed E-state index contributed by atoms with van der Waals surface area (Å²) in [6.45, 7) is 14.6. The number of benzene rings is 1. The van der Waals surface area contributed by atoms with Crippen molar-refractivity contribution in [3.05, 3.63) is 64.6 Å². The van der Waals surface area contributed by atoms with Gasteiger partial charge in [0.05, 0.1) is 18.6 Å². The number of carbonyl (C=O) groups excluding carboxylic acids is 1. The summed E-state index contributed by atoms with van der Waals surface area (Å²) >= 11 is 0. The van der Waals surface area contributed by atoms with Crippen LogP contribution in [0.3, 0.4) is 0 Å². The minimum absolute atomic E-state index is 0.0327. The Labute approximate surface area is 206 Å². The number of aliphatic hydroxyl groups is 1. The number of hydrogen-bond donors (Lipinski definition) is 1. The van der Waals surface area contributed by atoms with E-state index in [4.69, 9.17) is 13.9 Å². The van der Waals surface area contributed by atoms with Crippen molar-refractivity contribution in [1.29, 1.82) is 0 Å². The lowest BCUT2D eigenvalue weighted by atomic mass is 9.51. The van der Waals surface area contributed by atoms with E-state index < -0.39 is 5.60 Å². The predicted molar refractivity (Wildman–Crippen MR) is 135 cm³/mol. The molecule has 0 radical (unpaired) electrons. The van der Waals surface area contributed by atoms with Gasteiger partial charge in [-0.1, -0.05) is 44.6 Å². The van der Waals surface area contributed by atoms with Crippen molar-refractivity contribution in [2.45, 2.75) is 72.0 Å². The summed E-state index contributed by atoms with van der Waals surface area (Å²) in [7, 11) is 0. The third kappa shape index (κ3) is 5.08. The van der Waals surface area contributed by atoms with Crippen LogP contribution >= 0.6 is 0 Å².